The zero-order chi connectivity index (χ0) is 14.9. The molecule has 0 aromatic rings. The van der Waals surface area contributed by atoms with Gasteiger partial charge in [0, 0.05) is 0 Å². The van der Waals surface area contributed by atoms with Crippen molar-refractivity contribution >= 4 is 5.97 Å². The minimum Gasteiger partial charge on any atom is -0.469 e. The average molecular weight is 283 g/mol. The maximum atomic E-state index is 12.5. The van der Waals surface area contributed by atoms with E-state index in [2.05, 4.69) is 11.7 Å². The number of carbonyl (C=O) groups is 1. The van der Waals surface area contributed by atoms with Crippen molar-refractivity contribution in [2.24, 2.45) is 11.7 Å². The van der Waals surface area contributed by atoms with Gasteiger partial charge in [-0.2, -0.15) is 13.2 Å². The summed E-state index contributed by atoms with van der Waals surface area (Å²) in [4.78, 5) is 11.4. The quantitative estimate of drug-likeness (QED) is 0.521. The molecule has 0 spiro atoms. The molecule has 0 heterocycles. The first-order chi connectivity index (χ1) is 8.84. The van der Waals surface area contributed by atoms with E-state index < -0.39 is 24.1 Å². The van der Waals surface area contributed by atoms with E-state index in [1.54, 1.807) is 0 Å². The summed E-state index contributed by atoms with van der Waals surface area (Å²) in [5, 5.41) is 0. The second-order valence-corrected chi connectivity index (χ2v) is 4.75. The van der Waals surface area contributed by atoms with Crippen molar-refractivity contribution in [3.63, 3.8) is 0 Å². The van der Waals surface area contributed by atoms with Crippen LogP contribution in [0, 0.1) is 5.92 Å². The Morgan fingerprint density at radius 2 is 1.68 bits per heavy atom. The number of halogens is 3. The van der Waals surface area contributed by atoms with Gasteiger partial charge in [0.1, 0.15) is 6.04 Å². The van der Waals surface area contributed by atoms with Gasteiger partial charge in [-0.1, -0.05) is 45.4 Å². The molecule has 0 unspecified atom stereocenters. The van der Waals surface area contributed by atoms with E-state index >= 15 is 0 Å². The standard InChI is InChI=1S/C13H24F3NO2/c1-3-4-5-6-7-8-9-10(12(18)19-2)11(17)13(14,15)16/h10-11H,3-9,17H2,1-2H3/t10-,11-/m0/s1. The Balaban J connectivity index is 4.19. The van der Waals surface area contributed by atoms with Gasteiger partial charge in [-0.3, -0.25) is 4.79 Å². The maximum Gasteiger partial charge on any atom is 0.404 e. The lowest BCUT2D eigenvalue weighted by molar-refractivity contribution is -0.175. The van der Waals surface area contributed by atoms with Gasteiger partial charge in [-0.05, 0) is 6.42 Å². The number of hydrogen-bond donors (Lipinski definition) is 1. The normalized spacial score (nSPS) is 15.1. The first-order valence-corrected chi connectivity index (χ1v) is 6.74. The van der Waals surface area contributed by atoms with Gasteiger partial charge in [0.05, 0.1) is 13.0 Å². The third-order valence-corrected chi connectivity index (χ3v) is 3.18. The van der Waals surface area contributed by atoms with Gasteiger partial charge in [-0.15, -0.1) is 0 Å². The van der Waals surface area contributed by atoms with Crippen LogP contribution in [-0.2, 0) is 9.53 Å². The predicted octanol–water partition coefficient (Wildman–Crippen LogP) is 3.42. The molecule has 0 aliphatic heterocycles. The fourth-order valence-corrected chi connectivity index (χ4v) is 1.97. The number of hydrogen-bond acceptors (Lipinski definition) is 3. The van der Waals surface area contributed by atoms with Crippen LogP contribution >= 0.6 is 0 Å². The number of ether oxygens (including phenoxy) is 1. The maximum absolute atomic E-state index is 12.5. The van der Waals surface area contributed by atoms with E-state index in [9.17, 15) is 18.0 Å². The summed E-state index contributed by atoms with van der Waals surface area (Å²) < 4.78 is 42.0. The number of unbranched alkanes of at least 4 members (excludes halogenated alkanes) is 5. The summed E-state index contributed by atoms with van der Waals surface area (Å²) in [5.41, 5.74) is 5.11. The molecule has 114 valence electrons. The van der Waals surface area contributed by atoms with E-state index in [0.29, 0.717) is 6.42 Å². The van der Waals surface area contributed by atoms with Crippen molar-refractivity contribution in [2.75, 3.05) is 7.11 Å². The molecule has 0 aromatic carbocycles. The topological polar surface area (TPSA) is 52.3 Å². The number of methoxy groups -OCH3 is 1. The molecule has 0 aromatic heterocycles. The van der Waals surface area contributed by atoms with E-state index in [1.807, 2.05) is 0 Å². The van der Waals surface area contributed by atoms with Gasteiger partial charge in [-0.25, -0.2) is 0 Å². The molecule has 0 amide bonds. The molecular weight excluding hydrogens is 259 g/mol. The van der Waals surface area contributed by atoms with Crippen LogP contribution in [0.25, 0.3) is 0 Å². The van der Waals surface area contributed by atoms with Crippen LogP contribution in [0.3, 0.4) is 0 Å². The van der Waals surface area contributed by atoms with Crippen molar-refractivity contribution < 1.29 is 22.7 Å². The first kappa shape index (κ1) is 18.2. The number of nitrogens with two attached hydrogens (primary N) is 1. The van der Waals surface area contributed by atoms with Crippen LogP contribution in [0.15, 0.2) is 0 Å². The highest BCUT2D eigenvalue weighted by Crippen LogP contribution is 2.28. The number of rotatable bonds is 9. The van der Waals surface area contributed by atoms with Crippen molar-refractivity contribution in [1.29, 1.82) is 0 Å². The molecular formula is C13H24F3NO2. The fourth-order valence-electron chi connectivity index (χ4n) is 1.97. The minimum atomic E-state index is -4.57. The summed E-state index contributed by atoms with van der Waals surface area (Å²) in [6, 6.07) is -2.14. The van der Waals surface area contributed by atoms with Gasteiger partial charge >= 0.3 is 12.1 Å². The summed E-state index contributed by atoms with van der Waals surface area (Å²) in [6.45, 7) is 2.09. The third kappa shape index (κ3) is 7.40. The minimum absolute atomic E-state index is 0.124. The summed E-state index contributed by atoms with van der Waals surface area (Å²) in [5.74, 6) is -2.17. The molecule has 0 bridgehead atoms. The van der Waals surface area contributed by atoms with Gasteiger partial charge in [0.2, 0.25) is 0 Å². The van der Waals surface area contributed by atoms with E-state index in [1.165, 1.54) is 0 Å². The lowest BCUT2D eigenvalue weighted by Gasteiger charge is -2.23. The summed E-state index contributed by atoms with van der Waals surface area (Å²) in [6.07, 6.45) is 1.23. The van der Waals surface area contributed by atoms with Gasteiger partial charge in [0.15, 0.2) is 0 Å². The highest BCUT2D eigenvalue weighted by Gasteiger charge is 2.45. The van der Waals surface area contributed by atoms with Crippen LogP contribution in [-0.4, -0.2) is 25.3 Å². The van der Waals surface area contributed by atoms with E-state index in [-0.39, 0.29) is 6.42 Å². The summed E-state index contributed by atoms with van der Waals surface area (Å²) in [7, 11) is 1.08. The lowest BCUT2D eigenvalue weighted by Crippen LogP contribution is -2.47. The molecule has 0 aliphatic carbocycles. The molecule has 2 N–H and O–H groups in total. The van der Waals surface area contributed by atoms with Crippen molar-refractivity contribution in [3.8, 4) is 0 Å². The molecule has 0 aliphatic rings. The van der Waals surface area contributed by atoms with Crippen molar-refractivity contribution in [2.45, 2.75) is 64.1 Å². The largest absolute Gasteiger partial charge is 0.469 e. The molecule has 0 radical (unpaired) electrons. The number of carbonyl (C=O) groups excluding carboxylic acids is 1. The van der Waals surface area contributed by atoms with Crippen LogP contribution in [0.2, 0.25) is 0 Å². The fraction of sp³-hybridized carbons (Fsp3) is 0.923. The number of esters is 1. The van der Waals surface area contributed by atoms with Crippen LogP contribution < -0.4 is 5.73 Å². The summed E-state index contributed by atoms with van der Waals surface area (Å²) >= 11 is 0. The Bertz CT molecular complexity index is 257. The zero-order valence-electron chi connectivity index (χ0n) is 11.6. The number of alkyl halides is 3. The van der Waals surface area contributed by atoms with E-state index in [4.69, 9.17) is 5.73 Å². The Morgan fingerprint density at radius 1 is 1.16 bits per heavy atom. The average Bonchev–Trinajstić information content (AvgIpc) is 2.35. The van der Waals surface area contributed by atoms with Crippen molar-refractivity contribution in [3.05, 3.63) is 0 Å². The predicted molar refractivity (Wildman–Crippen MR) is 67.5 cm³/mol. The molecule has 0 saturated heterocycles. The van der Waals surface area contributed by atoms with Crippen LogP contribution in [0.1, 0.15) is 51.9 Å². The molecule has 6 heteroatoms. The molecule has 19 heavy (non-hydrogen) atoms. The SMILES string of the molecule is CCCCCCCC[C@H](C(=O)OC)[C@H](N)C(F)(F)F. The lowest BCUT2D eigenvalue weighted by atomic mass is 9.93. The van der Waals surface area contributed by atoms with E-state index in [0.717, 1.165) is 39.2 Å². The highest BCUT2D eigenvalue weighted by atomic mass is 19.4. The third-order valence-electron chi connectivity index (χ3n) is 3.18. The Kier molecular flexibility index (Phi) is 8.80. The Morgan fingerprint density at radius 3 is 2.16 bits per heavy atom. The zero-order valence-corrected chi connectivity index (χ0v) is 11.6. The second kappa shape index (κ2) is 9.18. The molecule has 3 nitrogen and oxygen atoms in total. The van der Waals surface area contributed by atoms with Crippen molar-refractivity contribution in [1.82, 2.24) is 0 Å². The van der Waals surface area contributed by atoms with Crippen LogP contribution in [0.4, 0.5) is 13.2 Å². The Labute approximate surface area is 112 Å². The Hall–Kier alpha value is -0.780. The highest BCUT2D eigenvalue weighted by molar-refractivity contribution is 5.73. The van der Waals surface area contributed by atoms with Gasteiger partial charge in [0.25, 0.3) is 0 Å². The molecule has 0 saturated carbocycles. The van der Waals surface area contributed by atoms with Crippen LogP contribution in [0.5, 0.6) is 0 Å². The smallest absolute Gasteiger partial charge is 0.404 e. The monoisotopic (exact) mass is 283 g/mol. The van der Waals surface area contributed by atoms with Gasteiger partial charge < -0.3 is 10.5 Å². The second-order valence-electron chi connectivity index (χ2n) is 4.75. The molecule has 0 rings (SSSR count). The molecule has 0 fully saturated rings. The first-order valence-electron chi connectivity index (χ1n) is 6.74. The molecule has 2 atom stereocenters.